The lowest BCUT2D eigenvalue weighted by Crippen LogP contribution is -2.34. The molecule has 2 N–H and O–H groups in total. The Morgan fingerprint density at radius 3 is 2.24 bits per heavy atom. The van der Waals surface area contributed by atoms with Crippen molar-refractivity contribution in [3.63, 3.8) is 0 Å². The first-order valence-electron chi connectivity index (χ1n) is 6.39. The van der Waals surface area contributed by atoms with Gasteiger partial charge >= 0.3 is 0 Å². The molecule has 0 bridgehead atoms. The monoisotopic (exact) mass is 347 g/mol. The molecule has 21 heavy (non-hydrogen) atoms. The lowest BCUT2D eigenvalue weighted by molar-refractivity contribution is 0.0927. The number of halogens is 1. The van der Waals surface area contributed by atoms with Gasteiger partial charge in [0.25, 0.3) is 11.8 Å². The quantitative estimate of drug-likeness (QED) is 0.812. The van der Waals surface area contributed by atoms with Crippen LogP contribution >= 0.6 is 15.9 Å². The number of nitrogens with one attached hydrogen (secondary N) is 2. The predicted molar refractivity (Wildman–Crippen MR) is 83.0 cm³/mol. The SMILES string of the molecule is O=C(NCCNC(=O)c1ccccc1Br)c1ccncc1. The van der Waals surface area contributed by atoms with Crippen molar-refractivity contribution in [2.75, 3.05) is 13.1 Å². The van der Waals surface area contributed by atoms with Crippen LogP contribution in [-0.4, -0.2) is 29.9 Å². The van der Waals surface area contributed by atoms with E-state index in [1.807, 2.05) is 6.07 Å². The van der Waals surface area contributed by atoms with E-state index in [1.165, 1.54) is 0 Å². The zero-order valence-corrected chi connectivity index (χ0v) is 12.8. The summed E-state index contributed by atoms with van der Waals surface area (Å²) in [4.78, 5) is 27.5. The molecule has 0 aliphatic carbocycles. The van der Waals surface area contributed by atoms with Crippen molar-refractivity contribution in [1.82, 2.24) is 15.6 Å². The Balaban J connectivity index is 1.76. The summed E-state index contributed by atoms with van der Waals surface area (Å²) in [7, 11) is 0. The number of aromatic nitrogens is 1. The van der Waals surface area contributed by atoms with Crippen LogP contribution < -0.4 is 10.6 Å². The van der Waals surface area contributed by atoms with E-state index in [0.29, 0.717) is 24.2 Å². The minimum atomic E-state index is -0.187. The highest BCUT2D eigenvalue weighted by Gasteiger charge is 2.08. The maximum absolute atomic E-state index is 11.9. The second-order valence-corrected chi connectivity index (χ2v) is 5.08. The molecule has 0 aliphatic rings. The third kappa shape index (κ3) is 4.39. The van der Waals surface area contributed by atoms with Crippen LogP contribution in [0.2, 0.25) is 0 Å². The van der Waals surface area contributed by atoms with Gasteiger partial charge in [-0.25, -0.2) is 0 Å². The molecule has 0 fully saturated rings. The summed E-state index contributed by atoms with van der Waals surface area (Å²) < 4.78 is 0.739. The third-order valence-corrected chi connectivity index (χ3v) is 3.45. The summed E-state index contributed by atoms with van der Waals surface area (Å²) in [5.41, 5.74) is 1.11. The van der Waals surface area contributed by atoms with E-state index in [9.17, 15) is 9.59 Å². The molecule has 0 radical (unpaired) electrons. The molecule has 1 heterocycles. The Kier molecular flexibility index (Phi) is 5.45. The van der Waals surface area contributed by atoms with E-state index < -0.39 is 0 Å². The molecule has 0 atom stereocenters. The van der Waals surface area contributed by atoms with Crippen molar-refractivity contribution in [1.29, 1.82) is 0 Å². The molecule has 0 saturated carbocycles. The molecule has 0 aliphatic heterocycles. The van der Waals surface area contributed by atoms with Gasteiger partial charge in [-0.05, 0) is 40.2 Å². The summed E-state index contributed by atoms with van der Waals surface area (Å²) in [6.45, 7) is 0.717. The van der Waals surface area contributed by atoms with Gasteiger partial charge in [-0.2, -0.15) is 0 Å². The van der Waals surface area contributed by atoms with Crippen molar-refractivity contribution >= 4 is 27.7 Å². The fraction of sp³-hybridized carbons (Fsp3) is 0.133. The number of benzene rings is 1. The van der Waals surface area contributed by atoms with Gasteiger partial charge in [0.1, 0.15) is 0 Å². The summed E-state index contributed by atoms with van der Waals surface area (Å²) in [5, 5.41) is 5.48. The third-order valence-electron chi connectivity index (χ3n) is 2.76. The van der Waals surface area contributed by atoms with E-state index >= 15 is 0 Å². The molecule has 1 aromatic heterocycles. The lowest BCUT2D eigenvalue weighted by Gasteiger charge is -2.08. The van der Waals surface area contributed by atoms with E-state index in [2.05, 4.69) is 31.5 Å². The zero-order chi connectivity index (χ0) is 15.1. The van der Waals surface area contributed by atoms with Crippen molar-refractivity contribution in [2.45, 2.75) is 0 Å². The van der Waals surface area contributed by atoms with Crippen molar-refractivity contribution in [3.8, 4) is 0 Å². The largest absolute Gasteiger partial charge is 0.350 e. The number of carbonyl (C=O) groups is 2. The normalized spacial score (nSPS) is 9.95. The molecule has 6 heteroatoms. The smallest absolute Gasteiger partial charge is 0.252 e. The Bertz CT molecular complexity index is 632. The van der Waals surface area contributed by atoms with Gasteiger partial charge in [-0.15, -0.1) is 0 Å². The van der Waals surface area contributed by atoms with Gasteiger partial charge in [0.2, 0.25) is 0 Å². The van der Waals surface area contributed by atoms with Crippen LogP contribution in [0.3, 0.4) is 0 Å². The van der Waals surface area contributed by atoms with Crippen molar-refractivity contribution in [2.24, 2.45) is 0 Å². The van der Waals surface area contributed by atoms with Crippen LogP contribution in [0, 0.1) is 0 Å². The molecule has 2 amide bonds. The molecule has 0 unspecified atom stereocenters. The van der Waals surface area contributed by atoms with Crippen LogP contribution in [0.25, 0.3) is 0 Å². The molecule has 1 aromatic carbocycles. The number of hydrogen-bond acceptors (Lipinski definition) is 3. The molecule has 0 saturated heterocycles. The molecule has 0 spiro atoms. The van der Waals surface area contributed by atoms with Gasteiger partial charge in [0, 0.05) is 35.5 Å². The minimum Gasteiger partial charge on any atom is -0.350 e. The Morgan fingerprint density at radius 1 is 0.952 bits per heavy atom. The first-order valence-corrected chi connectivity index (χ1v) is 7.19. The average Bonchev–Trinajstić information content (AvgIpc) is 2.52. The maximum atomic E-state index is 11.9. The highest BCUT2D eigenvalue weighted by atomic mass is 79.9. The van der Waals surface area contributed by atoms with Gasteiger partial charge < -0.3 is 10.6 Å². The van der Waals surface area contributed by atoms with Crippen molar-refractivity contribution < 1.29 is 9.59 Å². The van der Waals surface area contributed by atoms with Crippen LogP contribution in [0.15, 0.2) is 53.3 Å². The van der Waals surface area contributed by atoms with Crippen LogP contribution in [-0.2, 0) is 0 Å². The summed E-state index contributed by atoms with van der Waals surface area (Å²) >= 11 is 3.32. The number of pyridine rings is 1. The van der Waals surface area contributed by atoms with Crippen LogP contribution in [0.1, 0.15) is 20.7 Å². The Morgan fingerprint density at radius 2 is 1.57 bits per heavy atom. The highest BCUT2D eigenvalue weighted by molar-refractivity contribution is 9.10. The van der Waals surface area contributed by atoms with Gasteiger partial charge in [-0.1, -0.05) is 12.1 Å². The van der Waals surface area contributed by atoms with E-state index in [1.54, 1.807) is 42.7 Å². The zero-order valence-electron chi connectivity index (χ0n) is 11.2. The standard InChI is InChI=1S/C15H14BrN3O2/c16-13-4-2-1-3-12(13)15(21)19-10-9-18-14(20)11-5-7-17-8-6-11/h1-8H,9-10H2,(H,18,20)(H,19,21). The van der Waals surface area contributed by atoms with Crippen LogP contribution in [0.5, 0.6) is 0 Å². The fourth-order valence-electron chi connectivity index (χ4n) is 1.70. The van der Waals surface area contributed by atoms with E-state index in [4.69, 9.17) is 0 Å². The summed E-state index contributed by atoms with van der Waals surface area (Å²) in [5.74, 6) is -0.367. The lowest BCUT2D eigenvalue weighted by atomic mass is 10.2. The highest BCUT2D eigenvalue weighted by Crippen LogP contribution is 2.15. The van der Waals surface area contributed by atoms with Gasteiger partial charge in [0.05, 0.1) is 5.56 Å². The van der Waals surface area contributed by atoms with Gasteiger partial charge in [0.15, 0.2) is 0 Å². The fourth-order valence-corrected chi connectivity index (χ4v) is 2.16. The average molecular weight is 348 g/mol. The number of nitrogens with zero attached hydrogens (tertiary/aromatic N) is 1. The predicted octanol–water partition coefficient (Wildman–Crippen LogP) is 2.00. The maximum Gasteiger partial charge on any atom is 0.252 e. The summed E-state index contributed by atoms with van der Waals surface area (Å²) in [6, 6.07) is 10.4. The number of carbonyl (C=O) groups excluding carboxylic acids is 2. The molecule has 108 valence electrons. The van der Waals surface area contributed by atoms with Gasteiger partial charge in [-0.3, -0.25) is 14.6 Å². The molecule has 2 aromatic rings. The number of amides is 2. The molecule has 5 nitrogen and oxygen atoms in total. The second kappa shape index (κ2) is 7.54. The first-order chi connectivity index (χ1) is 10.2. The second-order valence-electron chi connectivity index (χ2n) is 4.23. The first kappa shape index (κ1) is 15.2. The molecular weight excluding hydrogens is 334 g/mol. The molecule has 2 rings (SSSR count). The Hall–Kier alpha value is -2.21. The topological polar surface area (TPSA) is 71.1 Å². The Labute approximate surface area is 130 Å². The minimum absolute atomic E-state index is 0.180. The summed E-state index contributed by atoms with van der Waals surface area (Å²) in [6.07, 6.45) is 3.12. The number of hydrogen-bond donors (Lipinski definition) is 2. The van der Waals surface area contributed by atoms with Crippen LogP contribution in [0.4, 0.5) is 0 Å². The molecular formula is C15H14BrN3O2. The van der Waals surface area contributed by atoms with E-state index in [-0.39, 0.29) is 11.8 Å². The number of rotatable bonds is 5. The van der Waals surface area contributed by atoms with E-state index in [0.717, 1.165) is 4.47 Å². The van der Waals surface area contributed by atoms with Crippen molar-refractivity contribution in [3.05, 3.63) is 64.4 Å².